The molecule has 0 spiro atoms. The summed E-state index contributed by atoms with van der Waals surface area (Å²) in [5.74, 6) is -0.0827. The number of halogens is 1. The molecule has 1 saturated heterocycles. The molecule has 1 aliphatic heterocycles. The van der Waals surface area contributed by atoms with Crippen molar-refractivity contribution in [3.63, 3.8) is 0 Å². The number of rotatable bonds is 4. The Morgan fingerprint density at radius 3 is 2.95 bits per heavy atom. The normalized spacial score (nSPS) is 19.9. The lowest BCUT2D eigenvalue weighted by Gasteiger charge is -2.31. The van der Waals surface area contributed by atoms with Gasteiger partial charge >= 0.3 is 0 Å². The van der Waals surface area contributed by atoms with E-state index in [4.69, 9.17) is 0 Å². The predicted octanol–water partition coefficient (Wildman–Crippen LogP) is 2.44. The summed E-state index contributed by atoms with van der Waals surface area (Å²) in [4.78, 5) is 24.9. The molecule has 4 nitrogen and oxygen atoms in total. The number of nitrogens with one attached hydrogen (secondary N) is 1. The molecule has 1 N–H and O–H groups in total. The standard InChI is InChI=1S/C14H17BrN2O2/c15-12-6-1-2-7-13(12)16-14(19)9-17-8-4-3-5-11(17)10-18/h1-2,6-7,10-11H,3-5,8-9H2,(H,16,19). The van der Waals surface area contributed by atoms with Crippen molar-refractivity contribution in [2.75, 3.05) is 18.4 Å². The third-order valence-corrected chi connectivity index (χ3v) is 4.01. The van der Waals surface area contributed by atoms with Crippen LogP contribution in [0, 0.1) is 0 Å². The maximum Gasteiger partial charge on any atom is 0.238 e. The van der Waals surface area contributed by atoms with Gasteiger partial charge in [-0.1, -0.05) is 18.6 Å². The number of hydrogen-bond acceptors (Lipinski definition) is 3. The number of piperidine rings is 1. The van der Waals surface area contributed by atoms with E-state index in [0.717, 1.165) is 42.3 Å². The minimum Gasteiger partial charge on any atom is -0.324 e. The Kier molecular flexibility index (Phi) is 5.10. The molecular formula is C14H17BrN2O2. The van der Waals surface area contributed by atoms with Gasteiger partial charge in [-0.25, -0.2) is 0 Å². The molecule has 2 rings (SSSR count). The summed E-state index contributed by atoms with van der Waals surface area (Å²) in [6, 6.07) is 7.38. The summed E-state index contributed by atoms with van der Waals surface area (Å²) < 4.78 is 0.855. The number of benzene rings is 1. The molecule has 1 unspecified atom stereocenters. The zero-order chi connectivity index (χ0) is 13.7. The van der Waals surface area contributed by atoms with Crippen molar-refractivity contribution < 1.29 is 9.59 Å². The van der Waals surface area contributed by atoms with Gasteiger partial charge in [0.1, 0.15) is 6.29 Å². The number of carbonyl (C=O) groups is 2. The summed E-state index contributed by atoms with van der Waals surface area (Å²) in [6.45, 7) is 1.08. The van der Waals surface area contributed by atoms with E-state index in [1.807, 2.05) is 29.2 Å². The number of amides is 1. The first-order chi connectivity index (χ1) is 9.20. The maximum absolute atomic E-state index is 12.0. The molecule has 0 aromatic heterocycles. The first kappa shape index (κ1) is 14.2. The molecule has 102 valence electrons. The second-order valence-corrected chi connectivity index (χ2v) is 5.55. The quantitative estimate of drug-likeness (QED) is 0.865. The highest BCUT2D eigenvalue weighted by Gasteiger charge is 2.23. The molecule has 19 heavy (non-hydrogen) atoms. The Balaban J connectivity index is 1.94. The van der Waals surface area contributed by atoms with E-state index in [1.54, 1.807) is 0 Å². The van der Waals surface area contributed by atoms with Crippen LogP contribution in [0.25, 0.3) is 0 Å². The smallest absolute Gasteiger partial charge is 0.238 e. The summed E-state index contributed by atoms with van der Waals surface area (Å²) in [7, 11) is 0. The lowest BCUT2D eigenvalue weighted by molar-refractivity contribution is -0.120. The summed E-state index contributed by atoms with van der Waals surface area (Å²) in [6.07, 6.45) is 3.91. The fourth-order valence-electron chi connectivity index (χ4n) is 2.30. The van der Waals surface area contributed by atoms with Gasteiger partial charge in [0.2, 0.25) is 5.91 Å². The van der Waals surface area contributed by atoms with E-state index in [0.29, 0.717) is 0 Å². The minimum atomic E-state index is -0.112. The first-order valence-electron chi connectivity index (χ1n) is 6.44. The third-order valence-electron chi connectivity index (χ3n) is 3.32. The van der Waals surface area contributed by atoms with Gasteiger partial charge in [0.05, 0.1) is 18.3 Å². The van der Waals surface area contributed by atoms with E-state index in [1.165, 1.54) is 0 Å². The zero-order valence-electron chi connectivity index (χ0n) is 10.6. The van der Waals surface area contributed by atoms with Crippen molar-refractivity contribution in [3.05, 3.63) is 28.7 Å². The number of likely N-dealkylation sites (tertiary alicyclic amines) is 1. The highest BCUT2D eigenvalue weighted by Crippen LogP contribution is 2.21. The largest absolute Gasteiger partial charge is 0.324 e. The van der Waals surface area contributed by atoms with Crippen LogP contribution in [0.2, 0.25) is 0 Å². The van der Waals surface area contributed by atoms with Gasteiger partial charge in [0.15, 0.2) is 0 Å². The van der Waals surface area contributed by atoms with Crippen molar-refractivity contribution in [1.82, 2.24) is 4.90 Å². The topological polar surface area (TPSA) is 49.4 Å². The van der Waals surface area contributed by atoms with E-state index in [9.17, 15) is 9.59 Å². The molecule has 1 fully saturated rings. The average molecular weight is 325 g/mol. The van der Waals surface area contributed by atoms with Crippen molar-refractivity contribution in [2.45, 2.75) is 25.3 Å². The molecule has 1 aliphatic rings. The lowest BCUT2D eigenvalue weighted by atomic mass is 10.0. The van der Waals surface area contributed by atoms with E-state index in [2.05, 4.69) is 21.2 Å². The van der Waals surface area contributed by atoms with Gasteiger partial charge in [-0.2, -0.15) is 0 Å². The number of carbonyl (C=O) groups excluding carboxylic acids is 2. The third kappa shape index (κ3) is 3.88. The summed E-state index contributed by atoms with van der Waals surface area (Å²) >= 11 is 3.39. The average Bonchev–Trinajstić information content (AvgIpc) is 2.42. The van der Waals surface area contributed by atoms with Gasteiger partial charge in [0.25, 0.3) is 0 Å². The molecule has 1 aromatic rings. The molecule has 0 aliphatic carbocycles. The fraction of sp³-hybridized carbons (Fsp3) is 0.429. The number of hydrogen-bond donors (Lipinski definition) is 1. The van der Waals surface area contributed by atoms with Crippen LogP contribution in [0.3, 0.4) is 0 Å². The lowest BCUT2D eigenvalue weighted by Crippen LogP contribution is -2.44. The summed E-state index contributed by atoms with van der Waals surface area (Å²) in [5, 5.41) is 2.86. The first-order valence-corrected chi connectivity index (χ1v) is 7.23. The van der Waals surface area contributed by atoms with Crippen LogP contribution in [0.4, 0.5) is 5.69 Å². The predicted molar refractivity (Wildman–Crippen MR) is 78.0 cm³/mol. The van der Waals surface area contributed by atoms with Gasteiger partial charge in [0, 0.05) is 4.47 Å². The van der Waals surface area contributed by atoms with Crippen LogP contribution in [0.15, 0.2) is 28.7 Å². The number of aldehydes is 1. The Morgan fingerprint density at radius 2 is 2.21 bits per heavy atom. The molecular weight excluding hydrogens is 308 g/mol. The molecule has 0 saturated carbocycles. The molecule has 5 heteroatoms. The van der Waals surface area contributed by atoms with E-state index in [-0.39, 0.29) is 18.5 Å². The van der Waals surface area contributed by atoms with Gasteiger partial charge in [-0.05, 0) is 47.4 Å². The molecule has 0 radical (unpaired) electrons. The van der Waals surface area contributed by atoms with Crippen LogP contribution in [-0.2, 0) is 9.59 Å². The monoisotopic (exact) mass is 324 g/mol. The zero-order valence-corrected chi connectivity index (χ0v) is 12.2. The maximum atomic E-state index is 12.0. The van der Waals surface area contributed by atoms with Gasteiger partial charge in [-0.3, -0.25) is 9.69 Å². The van der Waals surface area contributed by atoms with Crippen LogP contribution in [0.1, 0.15) is 19.3 Å². The van der Waals surface area contributed by atoms with Crippen LogP contribution in [-0.4, -0.2) is 36.2 Å². The Hall–Kier alpha value is -1.20. The second-order valence-electron chi connectivity index (χ2n) is 4.70. The van der Waals surface area contributed by atoms with Crippen LogP contribution < -0.4 is 5.32 Å². The van der Waals surface area contributed by atoms with Gasteiger partial charge < -0.3 is 10.1 Å². The van der Waals surface area contributed by atoms with Crippen molar-refractivity contribution >= 4 is 33.8 Å². The number of anilines is 1. The number of para-hydroxylation sites is 1. The minimum absolute atomic E-state index is 0.0827. The van der Waals surface area contributed by atoms with E-state index >= 15 is 0 Å². The SMILES string of the molecule is O=CC1CCCCN1CC(=O)Nc1ccccc1Br. The Morgan fingerprint density at radius 1 is 1.42 bits per heavy atom. The molecule has 1 heterocycles. The fourth-order valence-corrected chi connectivity index (χ4v) is 2.69. The molecule has 1 aromatic carbocycles. The second kappa shape index (κ2) is 6.82. The Labute approximate surface area is 121 Å². The van der Waals surface area contributed by atoms with Crippen molar-refractivity contribution in [3.8, 4) is 0 Å². The van der Waals surface area contributed by atoms with Crippen molar-refractivity contribution in [1.29, 1.82) is 0 Å². The molecule has 1 amide bonds. The summed E-state index contributed by atoms with van der Waals surface area (Å²) in [5.41, 5.74) is 0.757. The van der Waals surface area contributed by atoms with Gasteiger partial charge in [-0.15, -0.1) is 0 Å². The van der Waals surface area contributed by atoms with Crippen molar-refractivity contribution in [2.24, 2.45) is 0 Å². The van der Waals surface area contributed by atoms with Crippen LogP contribution in [0.5, 0.6) is 0 Å². The van der Waals surface area contributed by atoms with Crippen LogP contribution >= 0.6 is 15.9 Å². The highest BCUT2D eigenvalue weighted by atomic mass is 79.9. The highest BCUT2D eigenvalue weighted by molar-refractivity contribution is 9.10. The molecule has 0 bridgehead atoms. The Bertz CT molecular complexity index is 465. The number of nitrogens with zero attached hydrogens (tertiary/aromatic N) is 1. The van der Waals surface area contributed by atoms with E-state index < -0.39 is 0 Å². The molecule has 1 atom stereocenters.